The first kappa shape index (κ1) is 12.5. The van der Waals surface area contributed by atoms with Crippen LogP contribution in [0, 0.1) is 5.82 Å². The van der Waals surface area contributed by atoms with Crippen LogP contribution >= 0.6 is 0 Å². The molecule has 0 aliphatic rings. The molecule has 0 amide bonds. The zero-order chi connectivity index (χ0) is 13.9. The number of halogens is 1. The third-order valence-electron chi connectivity index (χ3n) is 2.97. The monoisotopic (exact) mass is 272 g/mol. The maximum atomic E-state index is 13.5. The molecule has 0 N–H and O–H groups in total. The van der Waals surface area contributed by atoms with Gasteiger partial charge < -0.3 is 13.9 Å². The first-order valence-corrected chi connectivity index (χ1v) is 6.20. The second-order valence-electron chi connectivity index (χ2n) is 4.34. The highest BCUT2D eigenvalue weighted by molar-refractivity contribution is 5.78. The Balaban J connectivity index is 1.78. The molecule has 0 bridgehead atoms. The van der Waals surface area contributed by atoms with E-state index in [1.807, 2.05) is 18.2 Å². The molecule has 3 rings (SSSR count). The highest BCUT2D eigenvalue weighted by Crippen LogP contribution is 2.24. The van der Waals surface area contributed by atoms with E-state index < -0.39 is 0 Å². The molecule has 0 radical (unpaired) electrons. The zero-order valence-electron chi connectivity index (χ0n) is 10.9. The van der Waals surface area contributed by atoms with Gasteiger partial charge in [-0.25, -0.2) is 4.39 Å². The number of rotatable bonds is 4. The van der Waals surface area contributed by atoms with Gasteiger partial charge in [-0.3, -0.25) is 0 Å². The van der Waals surface area contributed by atoms with Crippen LogP contribution < -0.4 is 9.47 Å². The summed E-state index contributed by atoms with van der Waals surface area (Å²) in [6, 6.07) is 13.9. The normalized spacial score (nSPS) is 10.7. The van der Waals surface area contributed by atoms with Gasteiger partial charge in [-0.05, 0) is 24.3 Å². The average molecular weight is 272 g/mol. The molecule has 0 saturated carbocycles. The van der Waals surface area contributed by atoms with Crippen LogP contribution in [0.1, 0.15) is 5.76 Å². The van der Waals surface area contributed by atoms with Crippen molar-refractivity contribution in [3.8, 4) is 11.5 Å². The molecule has 0 aliphatic heterocycles. The van der Waals surface area contributed by atoms with Crippen LogP contribution in [0.4, 0.5) is 4.39 Å². The lowest BCUT2D eigenvalue weighted by atomic mass is 10.2. The number of benzene rings is 2. The van der Waals surface area contributed by atoms with Gasteiger partial charge >= 0.3 is 0 Å². The predicted molar refractivity (Wildman–Crippen MR) is 73.5 cm³/mol. The summed E-state index contributed by atoms with van der Waals surface area (Å²) >= 11 is 0. The van der Waals surface area contributed by atoms with E-state index in [0.29, 0.717) is 11.5 Å². The molecule has 0 aliphatic carbocycles. The van der Waals surface area contributed by atoms with Gasteiger partial charge in [0.2, 0.25) is 0 Å². The number of hydrogen-bond donors (Lipinski definition) is 0. The molecule has 1 aromatic heterocycles. The molecule has 0 spiro atoms. The molecule has 0 saturated heterocycles. The van der Waals surface area contributed by atoms with Crippen LogP contribution in [-0.4, -0.2) is 7.11 Å². The minimum absolute atomic E-state index is 0.237. The van der Waals surface area contributed by atoms with Gasteiger partial charge in [-0.2, -0.15) is 0 Å². The maximum absolute atomic E-state index is 13.5. The van der Waals surface area contributed by atoms with Gasteiger partial charge in [0.15, 0.2) is 11.4 Å². The van der Waals surface area contributed by atoms with Crippen molar-refractivity contribution in [3.05, 3.63) is 60.1 Å². The Morgan fingerprint density at radius 3 is 2.65 bits per heavy atom. The summed E-state index contributed by atoms with van der Waals surface area (Å²) < 4.78 is 29.7. The Bertz CT molecular complexity index is 733. The molecule has 102 valence electrons. The molecule has 1 heterocycles. The summed E-state index contributed by atoms with van der Waals surface area (Å²) in [5, 5.41) is 0.731. The van der Waals surface area contributed by atoms with E-state index in [1.165, 1.54) is 6.07 Å². The molecule has 0 unspecified atom stereocenters. The van der Waals surface area contributed by atoms with Gasteiger partial charge in [-0.1, -0.05) is 18.2 Å². The highest BCUT2D eigenvalue weighted by Gasteiger charge is 2.08. The number of furan rings is 1. The maximum Gasteiger partial charge on any atom is 0.170 e. The third kappa shape index (κ3) is 2.45. The molecular weight excluding hydrogens is 259 g/mol. The number of hydrogen-bond acceptors (Lipinski definition) is 3. The Morgan fingerprint density at radius 2 is 1.85 bits per heavy atom. The van der Waals surface area contributed by atoms with Crippen LogP contribution in [-0.2, 0) is 6.61 Å². The first-order chi connectivity index (χ1) is 9.76. The van der Waals surface area contributed by atoms with Gasteiger partial charge in [0, 0.05) is 11.5 Å². The van der Waals surface area contributed by atoms with Crippen molar-refractivity contribution in [2.24, 2.45) is 0 Å². The summed E-state index contributed by atoms with van der Waals surface area (Å²) in [6.45, 7) is 0.237. The standard InChI is InChI=1S/C16H13FO3/c1-18-12-5-3-6-13(9-12)19-10-14-8-11-4-2-7-15(17)16(11)20-14/h2-9H,10H2,1H3. The van der Waals surface area contributed by atoms with Gasteiger partial charge in [0.25, 0.3) is 0 Å². The van der Waals surface area contributed by atoms with E-state index >= 15 is 0 Å². The minimum atomic E-state index is -0.366. The minimum Gasteiger partial charge on any atom is -0.497 e. The molecule has 3 nitrogen and oxygen atoms in total. The van der Waals surface area contributed by atoms with E-state index in [2.05, 4.69) is 0 Å². The largest absolute Gasteiger partial charge is 0.497 e. The van der Waals surface area contributed by atoms with Crippen molar-refractivity contribution in [2.45, 2.75) is 6.61 Å². The first-order valence-electron chi connectivity index (χ1n) is 6.20. The topological polar surface area (TPSA) is 31.6 Å². The number of methoxy groups -OCH3 is 1. The summed E-state index contributed by atoms with van der Waals surface area (Å²) in [5.74, 6) is 1.60. The quantitative estimate of drug-likeness (QED) is 0.714. The lowest BCUT2D eigenvalue weighted by molar-refractivity contribution is 0.272. The van der Waals surface area contributed by atoms with Gasteiger partial charge in [-0.15, -0.1) is 0 Å². The van der Waals surface area contributed by atoms with E-state index in [1.54, 1.807) is 31.4 Å². The Kier molecular flexibility index (Phi) is 3.29. The SMILES string of the molecule is COc1cccc(OCc2cc3cccc(F)c3o2)c1. The van der Waals surface area contributed by atoms with Crippen LogP contribution in [0.3, 0.4) is 0 Å². The van der Waals surface area contributed by atoms with Crippen LogP contribution in [0.25, 0.3) is 11.0 Å². The summed E-state index contributed by atoms with van der Waals surface area (Å²) in [6.07, 6.45) is 0. The fourth-order valence-corrected chi connectivity index (χ4v) is 2.00. The molecule has 3 aromatic rings. The molecule has 4 heteroatoms. The Labute approximate surface area is 115 Å². The van der Waals surface area contributed by atoms with Crippen molar-refractivity contribution in [3.63, 3.8) is 0 Å². The number of para-hydroxylation sites is 1. The van der Waals surface area contributed by atoms with Gasteiger partial charge in [0.1, 0.15) is 23.9 Å². The molecule has 0 fully saturated rings. The van der Waals surface area contributed by atoms with Crippen molar-refractivity contribution in [2.75, 3.05) is 7.11 Å². The summed E-state index contributed by atoms with van der Waals surface area (Å²) in [4.78, 5) is 0. The molecule has 20 heavy (non-hydrogen) atoms. The zero-order valence-corrected chi connectivity index (χ0v) is 10.9. The molecule has 0 atom stereocenters. The van der Waals surface area contributed by atoms with Gasteiger partial charge in [0.05, 0.1) is 7.11 Å². The second kappa shape index (κ2) is 5.25. The highest BCUT2D eigenvalue weighted by atomic mass is 19.1. The van der Waals surface area contributed by atoms with E-state index in [9.17, 15) is 4.39 Å². The predicted octanol–water partition coefficient (Wildman–Crippen LogP) is 4.16. The fraction of sp³-hybridized carbons (Fsp3) is 0.125. The van der Waals surface area contributed by atoms with E-state index in [0.717, 1.165) is 11.1 Å². The summed E-state index contributed by atoms with van der Waals surface area (Å²) in [7, 11) is 1.60. The molecule has 2 aromatic carbocycles. The number of fused-ring (bicyclic) bond motifs is 1. The number of ether oxygens (including phenoxy) is 2. The second-order valence-corrected chi connectivity index (χ2v) is 4.34. The smallest absolute Gasteiger partial charge is 0.170 e. The van der Waals surface area contributed by atoms with Crippen molar-refractivity contribution < 1.29 is 18.3 Å². The average Bonchev–Trinajstić information content (AvgIpc) is 2.90. The van der Waals surface area contributed by atoms with Crippen LogP contribution in [0.15, 0.2) is 52.9 Å². The van der Waals surface area contributed by atoms with Crippen molar-refractivity contribution in [1.29, 1.82) is 0 Å². The Hall–Kier alpha value is -2.49. The van der Waals surface area contributed by atoms with Crippen molar-refractivity contribution >= 4 is 11.0 Å². The lowest BCUT2D eigenvalue weighted by Crippen LogP contribution is -1.94. The van der Waals surface area contributed by atoms with Crippen LogP contribution in [0.2, 0.25) is 0 Å². The van der Waals surface area contributed by atoms with Crippen molar-refractivity contribution in [1.82, 2.24) is 0 Å². The van der Waals surface area contributed by atoms with E-state index in [-0.39, 0.29) is 18.0 Å². The third-order valence-corrected chi connectivity index (χ3v) is 2.97. The van der Waals surface area contributed by atoms with Crippen LogP contribution in [0.5, 0.6) is 11.5 Å². The Morgan fingerprint density at radius 1 is 1.05 bits per heavy atom. The lowest BCUT2D eigenvalue weighted by Gasteiger charge is -2.05. The summed E-state index contributed by atoms with van der Waals surface area (Å²) in [5.41, 5.74) is 0.261. The fourth-order valence-electron chi connectivity index (χ4n) is 2.00. The van der Waals surface area contributed by atoms with E-state index in [4.69, 9.17) is 13.9 Å². The molecular formula is C16H13FO3.